The minimum atomic E-state index is 0.212. The van der Waals surface area contributed by atoms with Gasteiger partial charge in [-0.05, 0) is 18.5 Å². The minimum absolute atomic E-state index is 0.212. The predicted molar refractivity (Wildman–Crippen MR) is 52.0 cm³/mol. The van der Waals surface area contributed by atoms with E-state index in [4.69, 9.17) is 16.4 Å². The molecule has 0 bridgehead atoms. The van der Waals surface area contributed by atoms with Crippen LogP contribution >= 0.6 is 11.6 Å². The summed E-state index contributed by atoms with van der Waals surface area (Å²) in [4.78, 5) is 12.7. The molecule has 13 heavy (non-hydrogen) atoms. The summed E-state index contributed by atoms with van der Waals surface area (Å²) in [6, 6.07) is 0. The van der Waals surface area contributed by atoms with Crippen LogP contribution in [0.5, 0.6) is 0 Å². The molecule has 0 aliphatic rings. The molecule has 1 heterocycles. The van der Waals surface area contributed by atoms with E-state index in [1.807, 2.05) is 6.92 Å². The summed E-state index contributed by atoms with van der Waals surface area (Å²) in [5.41, 5.74) is 4.09. The second kappa shape index (κ2) is 4.25. The van der Waals surface area contributed by atoms with E-state index in [0.717, 1.165) is 5.69 Å². The fourth-order valence-corrected chi connectivity index (χ4v) is 1.16. The van der Waals surface area contributed by atoms with Gasteiger partial charge in [-0.1, -0.05) is 0 Å². The van der Waals surface area contributed by atoms with E-state index < -0.39 is 0 Å². The van der Waals surface area contributed by atoms with Crippen LogP contribution in [0.15, 0.2) is 0 Å². The van der Waals surface area contributed by atoms with Crippen LogP contribution in [0, 0.1) is 6.92 Å². The lowest BCUT2D eigenvalue weighted by Gasteiger charge is -2.10. The van der Waals surface area contributed by atoms with Crippen molar-refractivity contribution < 1.29 is 4.84 Å². The minimum Gasteiger partial charge on any atom is -0.371 e. The van der Waals surface area contributed by atoms with Crippen molar-refractivity contribution in [1.29, 1.82) is 0 Å². The van der Waals surface area contributed by atoms with Gasteiger partial charge in [-0.15, -0.1) is 0 Å². The smallest absolute Gasteiger partial charge is 0.224 e. The molecule has 0 aliphatic heterocycles. The molecule has 1 rings (SSSR count). The molecule has 0 aromatic carbocycles. The fraction of sp³-hybridized carbons (Fsp3) is 0.429. The number of anilines is 2. The van der Waals surface area contributed by atoms with E-state index in [-0.39, 0.29) is 5.28 Å². The van der Waals surface area contributed by atoms with Gasteiger partial charge in [-0.2, -0.15) is 4.98 Å². The van der Waals surface area contributed by atoms with Gasteiger partial charge in [0.05, 0.1) is 12.8 Å². The van der Waals surface area contributed by atoms with E-state index in [9.17, 15) is 0 Å². The first-order valence-electron chi connectivity index (χ1n) is 3.70. The molecule has 0 atom stereocenters. The Morgan fingerprint density at radius 1 is 1.38 bits per heavy atom. The van der Waals surface area contributed by atoms with Gasteiger partial charge >= 0.3 is 0 Å². The molecular weight excluding hydrogens is 192 g/mol. The van der Waals surface area contributed by atoms with Gasteiger partial charge in [0.2, 0.25) is 5.28 Å². The standard InChI is InChI=1S/C7H11ClN4O/c1-4-5(12-13-3)6(9-2)11-7(8)10-4/h12H,1-3H3,(H,9,10,11). The molecule has 0 amide bonds. The van der Waals surface area contributed by atoms with Crippen LogP contribution in [-0.4, -0.2) is 24.1 Å². The van der Waals surface area contributed by atoms with Crippen LogP contribution in [0.2, 0.25) is 5.28 Å². The lowest BCUT2D eigenvalue weighted by molar-refractivity contribution is 0.270. The van der Waals surface area contributed by atoms with Gasteiger partial charge in [-0.25, -0.2) is 4.98 Å². The monoisotopic (exact) mass is 202 g/mol. The summed E-state index contributed by atoms with van der Waals surface area (Å²) < 4.78 is 0. The Morgan fingerprint density at radius 2 is 2.08 bits per heavy atom. The molecule has 2 N–H and O–H groups in total. The highest BCUT2D eigenvalue weighted by atomic mass is 35.5. The van der Waals surface area contributed by atoms with Crippen molar-refractivity contribution in [3.63, 3.8) is 0 Å². The zero-order valence-electron chi connectivity index (χ0n) is 7.68. The van der Waals surface area contributed by atoms with Crippen LogP contribution in [0.1, 0.15) is 5.69 Å². The molecule has 1 aromatic rings. The molecule has 0 unspecified atom stereocenters. The molecule has 6 heteroatoms. The third kappa shape index (κ3) is 2.19. The van der Waals surface area contributed by atoms with Crippen molar-refractivity contribution in [2.75, 3.05) is 25.0 Å². The molecule has 5 nitrogen and oxygen atoms in total. The highest BCUT2D eigenvalue weighted by molar-refractivity contribution is 6.28. The van der Waals surface area contributed by atoms with Gasteiger partial charge in [0, 0.05) is 7.05 Å². The molecule has 0 radical (unpaired) electrons. The van der Waals surface area contributed by atoms with Gasteiger partial charge in [-0.3, -0.25) is 10.3 Å². The molecule has 1 aromatic heterocycles. The first-order chi connectivity index (χ1) is 6.19. The number of nitrogens with one attached hydrogen (secondary N) is 2. The van der Waals surface area contributed by atoms with E-state index >= 15 is 0 Å². The van der Waals surface area contributed by atoms with Crippen molar-refractivity contribution in [2.45, 2.75) is 6.92 Å². The molecular formula is C7H11ClN4O. The number of halogens is 1. The molecule has 0 fully saturated rings. The van der Waals surface area contributed by atoms with Crippen molar-refractivity contribution in [3.05, 3.63) is 11.0 Å². The molecule has 0 saturated carbocycles. The van der Waals surface area contributed by atoms with E-state index in [2.05, 4.69) is 20.8 Å². The third-order valence-electron chi connectivity index (χ3n) is 1.50. The summed E-state index contributed by atoms with van der Waals surface area (Å²) in [5.74, 6) is 0.611. The van der Waals surface area contributed by atoms with E-state index in [1.165, 1.54) is 7.11 Å². The summed E-state index contributed by atoms with van der Waals surface area (Å²) in [6.45, 7) is 1.82. The molecule has 0 saturated heterocycles. The Hall–Kier alpha value is -1.07. The first kappa shape index (κ1) is 10.0. The zero-order valence-corrected chi connectivity index (χ0v) is 8.44. The SMILES string of the molecule is CNc1nc(Cl)nc(C)c1NOC. The van der Waals surface area contributed by atoms with Crippen LogP contribution in [-0.2, 0) is 4.84 Å². The Kier molecular flexibility index (Phi) is 3.27. The lowest BCUT2D eigenvalue weighted by atomic mass is 10.3. The van der Waals surface area contributed by atoms with Gasteiger partial charge in [0.1, 0.15) is 5.69 Å². The number of aromatic nitrogens is 2. The lowest BCUT2D eigenvalue weighted by Crippen LogP contribution is -2.06. The predicted octanol–water partition coefficient (Wildman–Crippen LogP) is 1.45. The average molecular weight is 203 g/mol. The molecule has 0 aliphatic carbocycles. The van der Waals surface area contributed by atoms with Crippen molar-refractivity contribution in [2.24, 2.45) is 0 Å². The highest BCUT2D eigenvalue weighted by Crippen LogP contribution is 2.23. The van der Waals surface area contributed by atoms with Crippen molar-refractivity contribution in [1.82, 2.24) is 9.97 Å². The maximum absolute atomic E-state index is 5.67. The zero-order chi connectivity index (χ0) is 9.84. The van der Waals surface area contributed by atoms with Gasteiger partial charge in [0.15, 0.2) is 5.82 Å². The largest absolute Gasteiger partial charge is 0.371 e. The van der Waals surface area contributed by atoms with Crippen LogP contribution in [0.3, 0.4) is 0 Å². The number of nitrogens with zero attached hydrogens (tertiary/aromatic N) is 2. The van der Waals surface area contributed by atoms with Gasteiger partial charge < -0.3 is 5.32 Å². The number of aryl methyl sites for hydroxylation is 1. The summed E-state index contributed by atoms with van der Waals surface area (Å²) in [5, 5.41) is 3.10. The normalized spacial score (nSPS) is 9.85. The quantitative estimate of drug-likeness (QED) is 0.574. The average Bonchev–Trinajstić information content (AvgIpc) is 2.09. The van der Waals surface area contributed by atoms with Crippen molar-refractivity contribution >= 4 is 23.1 Å². The first-order valence-corrected chi connectivity index (χ1v) is 4.07. The van der Waals surface area contributed by atoms with Crippen molar-refractivity contribution in [3.8, 4) is 0 Å². The summed E-state index contributed by atoms with van der Waals surface area (Å²) in [7, 11) is 3.27. The third-order valence-corrected chi connectivity index (χ3v) is 1.67. The second-order valence-electron chi connectivity index (χ2n) is 2.36. The van der Waals surface area contributed by atoms with E-state index in [0.29, 0.717) is 11.5 Å². The Labute approximate surface area is 81.4 Å². The summed E-state index contributed by atoms with van der Waals surface area (Å²) in [6.07, 6.45) is 0. The fourth-order valence-electron chi connectivity index (χ4n) is 0.944. The second-order valence-corrected chi connectivity index (χ2v) is 2.70. The Morgan fingerprint density at radius 3 is 2.62 bits per heavy atom. The maximum Gasteiger partial charge on any atom is 0.224 e. The number of hydrogen-bond acceptors (Lipinski definition) is 5. The van der Waals surface area contributed by atoms with Crippen LogP contribution in [0.25, 0.3) is 0 Å². The topological polar surface area (TPSA) is 59.1 Å². The Balaban J connectivity index is 3.13. The highest BCUT2D eigenvalue weighted by Gasteiger charge is 2.08. The Bertz CT molecular complexity index is 305. The molecule has 72 valence electrons. The van der Waals surface area contributed by atoms with E-state index in [1.54, 1.807) is 7.05 Å². The van der Waals surface area contributed by atoms with Gasteiger partial charge in [0.25, 0.3) is 0 Å². The maximum atomic E-state index is 5.67. The number of hydrogen-bond donors (Lipinski definition) is 2. The van der Waals surface area contributed by atoms with Crippen LogP contribution in [0.4, 0.5) is 11.5 Å². The molecule has 0 spiro atoms. The summed E-state index contributed by atoms with van der Waals surface area (Å²) >= 11 is 5.67. The number of rotatable bonds is 3. The van der Waals surface area contributed by atoms with Crippen LogP contribution < -0.4 is 10.8 Å².